The molecule has 12 N–H and O–H groups in total. The molecule has 2 saturated heterocycles. The molecule has 0 amide bonds. The zero-order chi connectivity index (χ0) is 25.0. The normalized spacial score (nSPS) is 48.1. The van der Waals surface area contributed by atoms with E-state index in [4.69, 9.17) is 41.3 Å². The molecule has 0 aromatic carbocycles. The van der Waals surface area contributed by atoms with E-state index in [-0.39, 0.29) is 19.3 Å². The zero-order valence-electron chi connectivity index (χ0n) is 20.0. The van der Waals surface area contributed by atoms with Gasteiger partial charge in [0.1, 0.15) is 30.0 Å². The van der Waals surface area contributed by atoms with Crippen molar-refractivity contribution < 1.29 is 39.4 Å². The number of likely N-dealkylation sites (N-methyl/N-ethyl adjacent to an activating group) is 1. The van der Waals surface area contributed by atoms with Gasteiger partial charge in [0, 0.05) is 25.2 Å². The third kappa shape index (κ3) is 6.42. The molecule has 200 valence electrons. The summed E-state index contributed by atoms with van der Waals surface area (Å²) in [6.07, 6.45) is -4.58. The number of aliphatic hydroxyl groups excluding tert-OH is 3. The van der Waals surface area contributed by atoms with Crippen LogP contribution in [0.5, 0.6) is 0 Å². The van der Waals surface area contributed by atoms with Crippen LogP contribution in [0.25, 0.3) is 0 Å². The van der Waals surface area contributed by atoms with Gasteiger partial charge < -0.3 is 67.2 Å². The fourth-order valence-corrected chi connectivity index (χ4v) is 5.01. The van der Waals surface area contributed by atoms with Gasteiger partial charge in [0.2, 0.25) is 0 Å². The number of nitrogens with one attached hydrogen (secondary N) is 2. The highest BCUT2D eigenvalue weighted by Gasteiger charge is 2.50. The van der Waals surface area contributed by atoms with Crippen molar-refractivity contribution in [1.29, 1.82) is 0 Å². The Morgan fingerprint density at radius 2 is 1.65 bits per heavy atom. The first kappa shape index (κ1) is 28.1. The van der Waals surface area contributed by atoms with Crippen molar-refractivity contribution in [2.24, 2.45) is 17.2 Å². The smallest absolute Gasteiger partial charge is 0.185 e. The van der Waals surface area contributed by atoms with Gasteiger partial charge in [-0.2, -0.15) is 0 Å². The summed E-state index contributed by atoms with van der Waals surface area (Å²) in [5.41, 5.74) is 17.4. The van der Waals surface area contributed by atoms with Gasteiger partial charge in [-0.05, 0) is 33.2 Å². The minimum atomic E-state index is -1.30. The second kappa shape index (κ2) is 12.1. The van der Waals surface area contributed by atoms with Gasteiger partial charge in [0.25, 0.3) is 0 Å². The van der Waals surface area contributed by atoms with Gasteiger partial charge in [0.05, 0.1) is 31.4 Å². The molecule has 3 rings (SSSR count). The van der Waals surface area contributed by atoms with Gasteiger partial charge >= 0.3 is 0 Å². The van der Waals surface area contributed by atoms with Crippen LogP contribution in [0, 0.1) is 0 Å². The molecule has 3 fully saturated rings. The Bertz CT molecular complexity index is 634. The molecule has 1 aliphatic carbocycles. The molecule has 2 heterocycles. The van der Waals surface area contributed by atoms with E-state index >= 15 is 0 Å². The van der Waals surface area contributed by atoms with Crippen molar-refractivity contribution in [2.75, 3.05) is 33.4 Å². The van der Waals surface area contributed by atoms with Gasteiger partial charge in [-0.3, -0.25) is 0 Å². The Kier molecular flexibility index (Phi) is 10.0. The zero-order valence-corrected chi connectivity index (χ0v) is 20.0. The van der Waals surface area contributed by atoms with Crippen LogP contribution < -0.4 is 27.8 Å². The molecule has 3 aliphatic rings. The number of hydrogen-bond donors (Lipinski definition) is 9. The van der Waals surface area contributed by atoms with Crippen LogP contribution in [0.15, 0.2) is 0 Å². The summed E-state index contributed by atoms with van der Waals surface area (Å²) in [5.74, 6) is 0. The summed E-state index contributed by atoms with van der Waals surface area (Å²) < 4.78 is 23.6. The highest BCUT2D eigenvalue weighted by molar-refractivity contribution is 5.02. The molecular weight excluding hydrogens is 450 g/mol. The number of aliphatic hydroxyl groups is 4. The van der Waals surface area contributed by atoms with Crippen LogP contribution in [-0.4, -0.2) is 127 Å². The van der Waals surface area contributed by atoms with E-state index in [1.54, 1.807) is 14.0 Å². The van der Waals surface area contributed by atoms with Crippen molar-refractivity contribution in [3.8, 4) is 0 Å². The number of nitrogens with two attached hydrogens (primary N) is 3. The average molecular weight is 494 g/mol. The van der Waals surface area contributed by atoms with Gasteiger partial charge in [-0.1, -0.05) is 0 Å². The maximum atomic E-state index is 11.1. The van der Waals surface area contributed by atoms with Crippen LogP contribution in [0.2, 0.25) is 0 Å². The first-order chi connectivity index (χ1) is 16.1. The molecule has 13 heteroatoms. The molecule has 12 atom stereocenters. The first-order valence-corrected chi connectivity index (χ1v) is 12.0. The Balaban J connectivity index is 1.64. The van der Waals surface area contributed by atoms with Crippen molar-refractivity contribution in [3.63, 3.8) is 0 Å². The van der Waals surface area contributed by atoms with Gasteiger partial charge in [0.15, 0.2) is 12.6 Å². The molecule has 1 saturated carbocycles. The first-order valence-electron chi connectivity index (χ1n) is 12.0. The second-order valence-electron chi connectivity index (χ2n) is 9.84. The van der Waals surface area contributed by atoms with E-state index in [9.17, 15) is 15.3 Å². The lowest BCUT2D eigenvalue weighted by atomic mass is 9.84. The van der Waals surface area contributed by atoms with E-state index in [0.717, 1.165) is 6.42 Å². The van der Waals surface area contributed by atoms with Crippen LogP contribution in [0.1, 0.15) is 26.2 Å². The van der Waals surface area contributed by atoms with Crippen molar-refractivity contribution in [3.05, 3.63) is 0 Å². The van der Waals surface area contributed by atoms with E-state index in [1.165, 1.54) is 0 Å². The van der Waals surface area contributed by atoms with Crippen LogP contribution in [-0.2, 0) is 18.9 Å². The third-order valence-electron chi connectivity index (χ3n) is 6.94. The van der Waals surface area contributed by atoms with Crippen LogP contribution in [0.3, 0.4) is 0 Å². The summed E-state index contributed by atoms with van der Waals surface area (Å²) in [6.45, 7) is 2.50. The highest BCUT2D eigenvalue weighted by atomic mass is 16.7. The lowest BCUT2D eigenvalue weighted by Crippen LogP contribution is -2.68. The molecule has 0 aromatic rings. The number of hydrogen-bond acceptors (Lipinski definition) is 13. The van der Waals surface area contributed by atoms with Crippen LogP contribution >= 0.6 is 0 Å². The van der Waals surface area contributed by atoms with E-state index in [0.29, 0.717) is 25.9 Å². The lowest BCUT2D eigenvalue weighted by Gasteiger charge is -2.48. The van der Waals surface area contributed by atoms with Crippen molar-refractivity contribution in [2.45, 2.75) is 99.1 Å². The third-order valence-corrected chi connectivity index (χ3v) is 6.94. The number of ether oxygens (including phenoxy) is 4. The van der Waals surface area contributed by atoms with E-state index in [1.807, 2.05) is 0 Å². The van der Waals surface area contributed by atoms with Crippen molar-refractivity contribution in [1.82, 2.24) is 10.6 Å². The minimum absolute atomic E-state index is 0.0307. The molecule has 2 aliphatic heterocycles. The average Bonchev–Trinajstić information content (AvgIpc) is 2.77. The predicted octanol–water partition coefficient (Wildman–Crippen LogP) is -4.35. The Morgan fingerprint density at radius 3 is 2.26 bits per heavy atom. The summed E-state index contributed by atoms with van der Waals surface area (Å²) in [5, 5.41) is 47.2. The molecule has 12 unspecified atom stereocenters. The molecule has 34 heavy (non-hydrogen) atoms. The maximum absolute atomic E-state index is 11.1. The Labute approximate surface area is 200 Å². The topological polar surface area (TPSA) is 220 Å². The Morgan fingerprint density at radius 1 is 1.00 bits per heavy atom. The fourth-order valence-electron chi connectivity index (χ4n) is 5.01. The molecule has 0 radical (unpaired) electrons. The summed E-state index contributed by atoms with van der Waals surface area (Å²) in [6, 6.07) is -2.32. The summed E-state index contributed by atoms with van der Waals surface area (Å²) in [4.78, 5) is 0. The molecule has 0 bridgehead atoms. The minimum Gasteiger partial charge on any atom is -0.395 e. The van der Waals surface area contributed by atoms with Gasteiger partial charge in [-0.25, -0.2) is 0 Å². The monoisotopic (exact) mass is 493 g/mol. The fraction of sp³-hybridized carbons (Fsp3) is 1.00. The lowest BCUT2D eigenvalue weighted by molar-refractivity contribution is -0.306. The van der Waals surface area contributed by atoms with E-state index in [2.05, 4.69) is 10.6 Å². The molecule has 0 aromatic heterocycles. The van der Waals surface area contributed by atoms with Crippen molar-refractivity contribution >= 4 is 0 Å². The maximum Gasteiger partial charge on any atom is 0.185 e. The second-order valence-corrected chi connectivity index (χ2v) is 9.84. The highest BCUT2D eigenvalue weighted by Crippen LogP contribution is 2.31. The summed E-state index contributed by atoms with van der Waals surface area (Å²) in [7, 11) is 1.62. The molecular formula is C21H43N5O8. The molecule has 13 nitrogen and oxygen atoms in total. The van der Waals surface area contributed by atoms with Crippen LogP contribution in [0.4, 0.5) is 0 Å². The summed E-state index contributed by atoms with van der Waals surface area (Å²) >= 11 is 0. The standard InChI is InChI=1S/C21H43N5O8/c1-21(30)9-31-20(15(29)18(21)25-2)34-17-13(24)7-12(23)16(14(17)28)33-19-11(22)4-3-10(32-19)8-26-5-6-27/h10-20,25-30H,3-9,22-24H2,1-2H3. The Hall–Kier alpha value is -0.520. The van der Waals surface area contributed by atoms with E-state index < -0.39 is 66.8 Å². The number of rotatable bonds is 9. The predicted molar refractivity (Wildman–Crippen MR) is 121 cm³/mol. The SMILES string of the molecule is CNC1C(O)C(OC2C(N)CC(N)C(OC3OC(CNCCO)CCC3N)C2O)OCC1(C)O. The quantitative estimate of drug-likeness (QED) is 0.139. The largest absolute Gasteiger partial charge is 0.395 e. The van der Waals surface area contributed by atoms with Gasteiger partial charge in [-0.15, -0.1) is 0 Å². The molecule has 0 spiro atoms.